The molecule has 0 spiro atoms. The molecule has 3 heteroatoms. The second-order valence-corrected chi connectivity index (χ2v) is 6.86. The topological polar surface area (TPSA) is 40.7 Å². The number of aryl methyl sites for hydroxylation is 1. The summed E-state index contributed by atoms with van der Waals surface area (Å²) in [5.41, 5.74) is 5.60. The molecular formula is C20H25N3. The van der Waals surface area contributed by atoms with Crippen LogP contribution in [0.25, 0.3) is 22.4 Å². The Morgan fingerprint density at radius 3 is 2.48 bits per heavy atom. The van der Waals surface area contributed by atoms with Gasteiger partial charge in [0.2, 0.25) is 0 Å². The second kappa shape index (κ2) is 6.45. The van der Waals surface area contributed by atoms with Crippen LogP contribution in [0.5, 0.6) is 0 Å². The van der Waals surface area contributed by atoms with E-state index in [0.29, 0.717) is 12.0 Å². The Hall–Kier alpha value is -2.29. The Labute approximate surface area is 138 Å². The van der Waals surface area contributed by atoms with Crippen molar-refractivity contribution in [2.45, 2.75) is 40.2 Å². The average molecular weight is 307 g/mol. The van der Waals surface area contributed by atoms with Crippen molar-refractivity contribution in [2.24, 2.45) is 5.92 Å². The van der Waals surface area contributed by atoms with E-state index in [1.54, 1.807) is 0 Å². The number of aromatic nitrogens is 2. The molecular weight excluding hydrogens is 282 g/mol. The lowest BCUT2D eigenvalue weighted by atomic mass is 10.1. The summed E-state index contributed by atoms with van der Waals surface area (Å²) in [7, 11) is 0. The number of hydrogen-bond donors (Lipinski definition) is 2. The highest BCUT2D eigenvalue weighted by atomic mass is 14.9. The third kappa shape index (κ3) is 3.73. The van der Waals surface area contributed by atoms with Gasteiger partial charge < -0.3 is 10.3 Å². The van der Waals surface area contributed by atoms with E-state index in [1.165, 1.54) is 5.56 Å². The van der Waals surface area contributed by atoms with E-state index in [9.17, 15) is 0 Å². The summed E-state index contributed by atoms with van der Waals surface area (Å²) in [6.07, 6.45) is 1.16. The van der Waals surface area contributed by atoms with Crippen LogP contribution in [0.2, 0.25) is 0 Å². The number of aromatic amines is 1. The molecule has 3 aromatic rings. The van der Waals surface area contributed by atoms with Crippen LogP contribution < -0.4 is 5.32 Å². The number of nitrogens with one attached hydrogen (secondary N) is 2. The molecule has 2 N–H and O–H groups in total. The fourth-order valence-electron chi connectivity index (χ4n) is 3.00. The molecule has 0 bridgehead atoms. The van der Waals surface area contributed by atoms with Crippen LogP contribution >= 0.6 is 0 Å². The molecule has 1 heterocycles. The van der Waals surface area contributed by atoms with Crippen molar-refractivity contribution >= 4 is 16.7 Å². The molecule has 120 valence electrons. The number of anilines is 1. The third-order valence-corrected chi connectivity index (χ3v) is 4.04. The summed E-state index contributed by atoms with van der Waals surface area (Å²) < 4.78 is 0. The largest absolute Gasteiger partial charge is 0.383 e. The van der Waals surface area contributed by atoms with Gasteiger partial charge in [0.25, 0.3) is 0 Å². The molecule has 0 aliphatic heterocycles. The zero-order chi connectivity index (χ0) is 16.4. The first-order chi connectivity index (χ1) is 11.0. The number of fused-ring (bicyclic) bond motifs is 1. The van der Waals surface area contributed by atoms with Crippen LogP contribution in [0.4, 0.5) is 5.69 Å². The highest BCUT2D eigenvalue weighted by molar-refractivity contribution is 5.82. The zero-order valence-corrected chi connectivity index (χ0v) is 14.4. The molecule has 0 saturated heterocycles. The van der Waals surface area contributed by atoms with Crippen molar-refractivity contribution in [2.75, 3.05) is 5.32 Å². The Balaban J connectivity index is 1.84. The first-order valence-electron chi connectivity index (χ1n) is 8.34. The van der Waals surface area contributed by atoms with E-state index in [4.69, 9.17) is 4.98 Å². The molecule has 23 heavy (non-hydrogen) atoms. The van der Waals surface area contributed by atoms with Crippen molar-refractivity contribution in [3.05, 3.63) is 48.0 Å². The van der Waals surface area contributed by atoms with Gasteiger partial charge in [0.05, 0.1) is 11.0 Å². The monoisotopic (exact) mass is 307 g/mol. The van der Waals surface area contributed by atoms with Crippen molar-refractivity contribution in [3.8, 4) is 11.4 Å². The van der Waals surface area contributed by atoms with Gasteiger partial charge in [-0.15, -0.1) is 0 Å². The maximum absolute atomic E-state index is 4.70. The Morgan fingerprint density at radius 2 is 1.78 bits per heavy atom. The van der Waals surface area contributed by atoms with Crippen LogP contribution in [0, 0.1) is 12.8 Å². The predicted octanol–water partition coefficient (Wildman–Crippen LogP) is 5.38. The number of H-pyrrole nitrogens is 1. The molecule has 0 aliphatic rings. The maximum Gasteiger partial charge on any atom is 0.138 e. The molecule has 0 fully saturated rings. The summed E-state index contributed by atoms with van der Waals surface area (Å²) in [6, 6.07) is 15.2. The highest BCUT2D eigenvalue weighted by Crippen LogP contribution is 2.24. The van der Waals surface area contributed by atoms with Crippen LogP contribution in [0.3, 0.4) is 0 Å². The lowest BCUT2D eigenvalue weighted by Crippen LogP contribution is -2.17. The highest BCUT2D eigenvalue weighted by Gasteiger charge is 2.08. The van der Waals surface area contributed by atoms with E-state index < -0.39 is 0 Å². The molecule has 1 unspecified atom stereocenters. The van der Waals surface area contributed by atoms with Crippen LogP contribution in [0.15, 0.2) is 42.5 Å². The zero-order valence-electron chi connectivity index (χ0n) is 14.4. The quantitative estimate of drug-likeness (QED) is 0.664. The van der Waals surface area contributed by atoms with E-state index in [2.05, 4.69) is 80.5 Å². The number of hydrogen-bond acceptors (Lipinski definition) is 2. The van der Waals surface area contributed by atoms with Gasteiger partial charge >= 0.3 is 0 Å². The summed E-state index contributed by atoms with van der Waals surface area (Å²) >= 11 is 0. The first kappa shape index (κ1) is 15.6. The molecule has 1 aromatic heterocycles. The maximum atomic E-state index is 4.70. The minimum absolute atomic E-state index is 0.465. The summed E-state index contributed by atoms with van der Waals surface area (Å²) in [6.45, 7) is 8.84. The SMILES string of the molecule is Cc1ccc(-c2nc3ccc(NC(C)CC(C)C)cc3[nH]2)cc1. The van der Waals surface area contributed by atoms with Gasteiger partial charge in [-0.3, -0.25) is 0 Å². The minimum Gasteiger partial charge on any atom is -0.383 e. The molecule has 3 nitrogen and oxygen atoms in total. The van der Waals surface area contributed by atoms with Crippen molar-refractivity contribution in [1.82, 2.24) is 9.97 Å². The third-order valence-electron chi connectivity index (χ3n) is 4.04. The molecule has 0 radical (unpaired) electrons. The molecule has 3 rings (SSSR count). The fraction of sp³-hybridized carbons (Fsp3) is 0.350. The van der Waals surface area contributed by atoms with Gasteiger partial charge in [0.1, 0.15) is 5.82 Å². The molecule has 1 atom stereocenters. The summed E-state index contributed by atoms with van der Waals surface area (Å²) in [5.74, 6) is 1.62. The van der Waals surface area contributed by atoms with Gasteiger partial charge in [0, 0.05) is 17.3 Å². The van der Waals surface area contributed by atoms with E-state index in [-0.39, 0.29) is 0 Å². The second-order valence-electron chi connectivity index (χ2n) is 6.86. The number of nitrogens with zero attached hydrogens (tertiary/aromatic N) is 1. The predicted molar refractivity (Wildman–Crippen MR) is 98.8 cm³/mol. The molecule has 2 aromatic carbocycles. The van der Waals surface area contributed by atoms with Crippen molar-refractivity contribution in [1.29, 1.82) is 0 Å². The molecule has 0 aliphatic carbocycles. The van der Waals surface area contributed by atoms with Crippen molar-refractivity contribution in [3.63, 3.8) is 0 Å². The normalized spacial score (nSPS) is 12.7. The lowest BCUT2D eigenvalue weighted by molar-refractivity contribution is 0.540. The number of imidazole rings is 1. The van der Waals surface area contributed by atoms with Crippen LogP contribution in [-0.2, 0) is 0 Å². The first-order valence-corrected chi connectivity index (χ1v) is 8.34. The Morgan fingerprint density at radius 1 is 1.04 bits per heavy atom. The van der Waals surface area contributed by atoms with Crippen molar-refractivity contribution < 1.29 is 0 Å². The molecule has 0 saturated carbocycles. The Bertz CT molecular complexity index is 784. The van der Waals surface area contributed by atoms with Gasteiger partial charge in [-0.2, -0.15) is 0 Å². The standard InChI is InChI=1S/C20H25N3/c1-13(2)11-15(4)21-17-9-10-18-19(12-17)23-20(22-18)16-7-5-14(3)6-8-16/h5-10,12-13,15,21H,11H2,1-4H3,(H,22,23). The van der Waals surface area contributed by atoms with Gasteiger partial charge in [-0.05, 0) is 44.4 Å². The molecule has 0 amide bonds. The van der Waals surface area contributed by atoms with Gasteiger partial charge in [-0.1, -0.05) is 43.7 Å². The fourth-order valence-corrected chi connectivity index (χ4v) is 3.00. The lowest BCUT2D eigenvalue weighted by Gasteiger charge is -2.17. The summed E-state index contributed by atoms with van der Waals surface area (Å²) in [4.78, 5) is 8.13. The van der Waals surface area contributed by atoms with E-state index >= 15 is 0 Å². The van der Waals surface area contributed by atoms with Gasteiger partial charge in [-0.25, -0.2) is 4.98 Å². The van der Waals surface area contributed by atoms with E-state index in [0.717, 1.165) is 34.5 Å². The number of rotatable bonds is 5. The number of benzene rings is 2. The average Bonchev–Trinajstić information content (AvgIpc) is 2.90. The van der Waals surface area contributed by atoms with Crippen LogP contribution in [0.1, 0.15) is 32.8 Å². The Kier molecular flexibility index (Phi) is 4.37. The van der Waals surface area contributed by atoms with Gasteiger partial charge in [0.15, 0.2) is 0 Å². The minimum atomic E-state index is 0.465. The summed E-state index contributed by atoms with van der Waals surface area (Å²) in [5, 5.41) is 3.57. The smallest absolute Gasteiger partial charge is 0.138 e. The van der Waals surface area contributed by atoms with E-state index in [1.807, 2.05) is 0 Å². The van der Waals surface area contributed by atoms with Crippen LogP contribution in [-0.4, -0.2) is 16.0 Å².